The number of carbonyl (C=O) groups is 1. The predicted molar refractivity (Wildman–Crippen MR) is 54.5 cm³/mol. The SMILES string of the molecule is NC1=CCN(C(=O)c2c(F)ccc(O)c2F)N1. The van der Waals surface area contributed by atoms with Crippen molar-refractivity contribution in [3.63, 3.8) is 0 Å². The number of aromatic hydroxyl groups is 1. The van der Waals surface area contributed by atoms with Gasteiger partial charge in [-0.1, -0.05) is 0 Å². The van der Waals surface area contributed by atoms with Gasteiger partial charge in [-0.2, -0.15) is 0 Å². The van der Waals surface area contributed by atoms with E-state index in [2.05, 4.69) is 5.43 Å². The van der Waals surface area contributed by atoms with Crippen molar-refractivity contribution in [2.24, 2.45) is 5.73 Å². The first kappa shape index (κ1) is 11.2. The van der Waals surface area contributed by atoms with Crippen molar-refractivity contribution in [2.45, 2.75) is 0 Å². The number of carbonyl (C=O) groups excluding carboxylic acids is 1. The van der Waals surface area contributed by atoms with Gasteiger partial charge in [0.15, 0.2) is 11.6 Å². The molecule has 1 aromatic carbocycles. The lowest BCUT2D eigenvalue weighted by atomic mass is 10.1. The number of phenols is 1. The average Bonchev–Trinajstić information content (AvgIpc) is 2.71. The van der Waals surface area contributed by atoms with E-state index in [4.69, 9.17) is 10.8 Å². The molecule has 7 heteroatoms. The molecule has 5 nitrogen and oxygen atoms in total. The maximum Gasteiger partial charge on any atom is 0.278 e. The molecule has 0 unspecified atom stereocenters. The van der Waals surface area contributed by atoms with Crippen LogP contribution >= 0.6 is 0 Å². The third kappa shape index (κ3) is 1.86. The number of rotatable bonds is 1. The van der Waals surface area contributed by atoms with Crippen LogP contribution in [0.1, 0.15) is 10.4 Å². The van der Waals surface area contributed by atoms with E-state index in [1.54, 1.807) is 0 Å². The summed E-state index contributed by atoms with van der Waals surface area (Å²) in [5.41, 5.74) is 6.98. The number of halogens is 2. The Hall–Kier alpha value is -2.31. The molecular weight excluding hydrogens is 232 g/mol. The number of amides is 1. The number of hydrogen-bond donors (Lipinski definition) is 3. The lowest BCUT2D eigenvalue weighted by Crippen LogP contribution is -2.40. The van der Waals surface area contributed by atoms with Crippen LogP contribution in [0.5, 0.6) is 5.75 Å². The minimum Gasteiger partial charge on any atom is -0.505 e. The summed E-state index contributed by atoms with van der Waals surface area (Å²) in [5, 5.41) is 10.0. The van der Waals surface area contributed by atoms with Crippen LogP contribution < -0.4 is 11.2 Å². The van der Waals surface area contributed by atoms with Gasteiger partial charge in [-0.3, -0.25) is 10.2 Å². The predicted octanol–water partition coefficient (Wildman–Crippen LogP) is 0.431. The zero-order valence-corrected chi connectivity index (χ0v) is 8.58. The van der Waals surface area contributed by atoms with E-state index in [1.165, 1.54) is 6.08 Å². The summed E-state index contributed by atoms with van der Waals surface area (Å²) in [6.07, 6.45) is 1.48. The van der Waals surface area contributed by atoms with Crippen LogP contribution in [-0.4, -0.2) is 22.6 Å². The smallest absolute Gasteiger partial charge is 0.278 e. The van der Waals surface area contributed by atoms with E-state index >= 15 is 0 Å². The average molecular weight is 241 g/mol. The number of hydrogen-bond acceptors (Lipinski definition) is 4. The number of nitrogens with one attached hydrogen (secondary N) is 1. The van der Waals surface area contributed by atoms with Crippen molar-refractivity contribution in [3.05, 3.63) is 41.2 Å². The Bertz CT molecular complexity index is 517. The minimum atomic E-state index is -1.29. The number of nitrogens with zero attached hydrogens (tertiary/aromatic N) is 1. The fourth-order valence-corrected chi connectivity index (χ4v) is 1.44. The maximum atomic E-state index is 13.4. The van der Waals surface area contributed by atoms with Crippen molar-refractivity contribution >= 4 is 5.91 Å². The Morgan fingerprint density at radius 3 is 2.76 bits per heavy atom. The first-order valence-corrected chi connectivity index (χ1v) is 4.72. The monoisotopic (exact) mass is 241 g/mol. The van der Waals surface area contributed by atoms with Crippen LogP contribution in [0.15, 0.2) is 24.0 Å². The van der Waals surface area contributed by atoms with Gasteiger partial charge >= 0.3 is 0 Å². The molecule has 2 rings (SSSR count). The van der Waals surface area contributed by atoms with Crippen molar-refractivity contribution in [3.8, 4) is 5.75 Å². The number of nitrogens with two attached hydrogens (primary N) is 1. The zero-order valence-electron chi connectivity index (χ0n) is 8.58. The highest BCUT2D eigenvalue weighted by atomic mass is 19.1. The first-order valence-electron chi connectivity index (χ1n) is 4.72. The minimum absolute atomic E-state index is 0.0964. The molecule has 4 N–H and O–H groups in total. The normalized spacial score (nSPS) is 14.5. The fourth-order valence-electron chi connectivity index (χ4n) is 1.44. The third-order valence-corrected chi connectivity index (χ3v) is 2.29. The van der Waals surface area contributed by atoms with Gasteiger partial charge in [-0.15, -0.1) is 0 Å². The number of hydrazine groups is 1. The molecule has 17 heavy (non-hydrogen) atoms. The molecule has 0 atom stereocenters. The molecule has 1 aliphatic rings. The Morgan fingerprint density at radius 1 is 1.47 bits per heavy atom. The van der Waals surface area contributed by atoms with Crippen LogP contribution in [-0.2, 0) is 0 Å². The summed E-state index contributed by atoms with van der Waals surface area (Å²) >= 11 is 0. The second-order valence-corrected chi connectivity index (χ2v) is 3.44. The second kappa shape index (κ2) is 3.93. The van der Waals surface area contributed by atoms with E-state index < -0.39 is 28.9 Å². The van der Waals surface area contributed by atoms with Gasteiger partial charge in [-0.25, -0.2) is 13.8 Å². The van der Waals surface area contributed by atoms with Crippen LogP contribution in [0.4, 0.5) is 8.78 Å². The molecule has 1 aliphatic heterocycles. The standard InChI is InChI=1S/C10H9F2N3O2/c11-5-1-2-6(16)9(12)8(5)10(17)15-4-3-7(13)14-15/h1-3,14,16H,4,13H2. The number of phenolic OH excluding ortho intramolecular Hbond substituents is 1. The highest BCUT2D eigenvalue weighted by Crippen LogP contribution is 2.23. The van der Waals surface area contributed by atoms with Gasteiger partial charge < -0.3 is 10.8 Å². The van der Waals surface area contributed by atoms with E-state index in [0.717, 1.165) is 17.1 Å². The highest BCUT2D eigenvalue weighted by molar-refractivity contribution is 5.95. The van der Waals surface area contributed by atoms with Gasteiger partial charge in [-0.05, 0) is 18.2 Å². The van der Waals surface area contributed by atoms with Gasteiger partial charge in [0.1, 0.15) is 17.2 Å². The largest absolute Gasteiger partial charge is 0.505 e. The summed E-state index contributed by atoms with van der Waals surface area (Å²) in [6, 6.07) is 1.66. The van der Waals surface area contributed by atoms with Gasteiger partial charge in [0.2, 0.25) is 0 Å². The van der Waals surface area contributed by atoms with Crippen LogP contribution in [0.2, 0.25) is 0 Å². The van der Waals surface area contributed by atoms with Crippen molar-refractivity contribution in [1.82, 2.24) is 10.4 Å². The van der Waals surface area contributed by atoms with Crippen LogP contribution in [0.3, 0.4) is 0 Å². The van der Waals surface area contributed by atoms with Crippen molar-refractivity contribution < 1.29 is 18.7 Å². The molecule has 0 saturated carbocycles. The van der Waals surface area contributed by atoms with Gasteiger partial charge in [0, 0.05) is 0 Å². The topological polar surface area (TPSA) is 78.6 Å². The van der Waals surface area contributed by atoms with Gasteiger partial charge in [0.05, 0.1) is 6.54 Å². The third-order valence-electron chi connectivity index (χ3n) is 2.29. The lowest BCUT2D eigenvalue weighted by Gasteiger charge is -2.17. The van der Waals surface area contributed by atoms with Crippen LogP contribution in [0.25, 0.3) is 0 Å². The molecule has 1 aromatic rings. The Labute approximate surface area is 95.1 Å². The Kier molecular flexibility index (Phi) is 2.58. The molecular formula is C10H9F2N3O2. The summed E-state index contributed by atoms with van der Waals surface area (Å²) in [7, 11) is 0. The molecule has 1 heterocycles. The first-order chi connectivity index (χ1) is 8.00. The lowest BCUT2D eigenvalue weighted by molar-refractivity contribution is 0.0719. The molecule has 0 fully saturated rings. The molecule has 0 aliphatic carbocycles. The van der Waals surface area contributed by atoms with E-state index in [1.807, 2.05) is 0 Å². The summed E-state index contributed by atoms with van der Waals surface area (Å²) in [4.78, 5) is 11.8. The number of benzene rings is 1. The van der Waals surface area contributed by atoms with E-state index in [0.29, 0.717) is 0 Å². The molecule has 1 amide bonds. The van der Waals surface area contributed by atoms with E-state index in [9.17, 15) is 13.6 Å². The highest BCUT2D eigenvalue weighted by Gasteiger charge is 2.27. The quantitative estimate of drug-likeness (QED) is 0.666. The zero-order chi connectivity index (χ0) is 12.6. The molecule has 0 spiro atoms. The summed E-state index contributed by atoms with van der Waals surface area (Å²) in [6.45, 7) is 0.0964. The van der Waals surface area contributed by atoms with Gasteiger partial charge in [0.25, 0.3) is 5.91 Å². The van der Waals surface area contributed by atoms with E-state index in [-0.39, 0.29) is 12.4 Å². The summed E-state index contributed by atoms with van der Waals surface area (Å²) in [5.74, 6) is -3.83. The Morgan fingerprint density at radius 2 is 2.18 bits per heavy atom. The molecule has 0 saturated heterocycles. The molecule has 0 bridgehead atoms. The molecule has 90 valence electrons. The van der Waals surface area contributed by atoms with Crippen molar-refractivity contribution in [1.29, 1.82) is 0 Å². The maximum absolute atomic E-state index is 13.4. The Balaban J connectivity index is 2.35. The molecule has 0 radical (unpaired) electrons. The van der Waals surface area contributed by atoms with Crippen LogP contribution in [0, 0.1) is 11.6 Å². The van der Waals surface area contributed by atoms with Crippen molar-refractivity contribution in [2.75, 3.05) is 6.54 Å². The molecule has 0 aromatic heterocycles. The fraction of sp³-hybridized carbons (Fsp3) is 0.100. The second-order valence-electron chi connectivity index (χ2n) is 3.44. The summed E-state index contributed by atoms with van der Waals surface area (Å²) < 4.78 is 26.8.